The van der Waals surface area contributed by atoms with Crippen LogP contribution in [0.2, 0.25) is 5.02 Å². The number of aliphatic hydroxyl groups excluding tert-OH is 1. The highest BCUT2D eigenvalue weighted by Crippen LogP contribution is 2.28. The number of benzene rings is 3. The van der Waals surface area contributed by atoms with Crippen LogP contribution in [0.4, 0.5) is 24.5 Å². The molecule has 0 spiro atoms. The number of aliphatic hydroxyl groups is 1. The van der Waals surface area contributed by atoms with Crippen LogP contribution in [-0.2, 0) is 6.61 Å². The molecule has 0 fully saturated rings. The molecule has 176 valence electrons. The predicted octanol–water partition coefficient (Wildman–Crippen LogP) is 6.43. The summed E-state index contributed by atoms with van der Waals surface area (Å²) in [6, 6.07) is 17.6. The zero-order valence-corrected chi connectivity index (χ0v) is 18.8. The smallest absolute Gasteiger partial charge is 0.392 e. The normalized spacial score (nSPS) is 11.8. The van der Waals surface area contributed by atoms with E-state index in [1.165, 1.54) is 24.3 Å². The van der Waals surface area contributed by atoms with Crippen molar-refractivity contribution in [3.05, 3.63) is 100 Å². The first kappa shape index (κ1) is 25.0. The molecule has 0 bridgehead atoms. The number of anilines is 2. The zero-order valence-electron chi connectivity index (χ0n) is 18.0. The maximum absolute atomic E-state index is 13.0. The Bertz CT molecular complexity index is 1240. The van der Waals surface area contributed by atoms with E-state index in [1.807, 2.05) is 6.92 Å². The number of carbonyl (C=O) groups excluding carboxylic acids is 1. The lowest BCUT2D eigenvalue weighted by Gasteiger charge is -2.15. The molecule has 34 heavy (non-hydrogen) atoms. The third-order valence-corrected chi connectivity index (χ3v) is 5.20. The van der Waals surface area contributed by atoms with E-state index in [1.54, 1.807) is 42.5 Å². The molecule has 1 amide bonds. The van der Waals surface area contributed by atoms with Crippen LogP contribution in [-0.4, -0.2) is 22.9 Å². The summed E-state index contributed by atoms with van der Waals surface area (Å²) in [6.07, 6.45) is -4.16. The second-order valence-electron chi connectivity index (χ2n) is 7.42. The fraction of sp³-hybridized carbons (Fsp3) is 0.120. The van der Waals surface area contributed by atoms with Gasteiger partial charge in [-0.15, -0.1) is 0 Å². The van der Waals surface area contributed by atoms with E-state index in [-0.39, 0.29) is 17.9 Å². The summed E-state index contributed by atoms with van der Waals surface area (Å²) < 4.78 is 39.0. The molecule has 0 saturated heterocycles. The number of hydrogen-bond donors (Lipinski definition) is 4. The lowest BCUT2D eigenvalue weighted by atomic mass is 10.1. The summed E-state index contributed by atoms with van der Waals surface area (Å²) in [5.41, 5.74) is 1.34. The first-order valence-electron chi connectivity index (χ1n) is 10.1. The number of aryl methyl sites for hydroxylation is 1. The third-order valence-electron chi connectivity index (χ3n) is 4.87. The van der Waals surface area contributed by atoms with Crippen molar-refractivity contribution in [2.45, 2.75) is 19.7 Å². The van der Waals surface area contributed by atoms with Crippen molar-refractivity contribution in [3.63, 3.8) is 0 Å². The first-order valence-corrected chi connectivity index (χ1v) is 10.5. The number of hydrogen-bond acceptors (Lipinski definition) is 4. The molecule has 4 N–H and O–H groups in total. The highest BCUT2D eigenvalue weighted by Gasteiger charge is 2.33. The van der Waals surface area contributed by atoms with E-state index < -0.39 is 17.8 Å². The summed E-state index contributed by atoms with van der Waals surface area (Å²) in [5, 5.41) is 22.7. The average Bonchev–Trinajstić information content (AvgIpc) is 2.80. The Labute approximate surface area is 199 Å². The first-order chi connectivity index (χ1) is 16.1. The largest absolute Gasteiger partial charge is 0.432 e. The summed E-state index contributed by atoms with van der Waals surface area (Å²) in [4.78, 5) is 12.7. The van der Waals surface area contributed by atoms with E-state index in [4.69, 9.17) is 17.0 Å². The van der Waals surface area contributed by atoms with Gasteiger partial charge in [0.15, 0.2) is 0 Å². The molecule has 0 aliphatic carbocycles. The number of para-hydroxylation sites is 1. The molecule has 0 saturated carbocycles. The Balaban J connectivity index is 1.88. The molecule has 0 aliphatic heterocycles. The van der Waals surface area contributed by atoms with Gasteiger partial charge < -0.3 is 15.7 Å². The predicted molar refractivity (Wildman–Crippen MR) is 128 cm³/mol. The second kappa shape index (κ2) is 10.5. The number of rotatable bonds is 7. The van der Waals surface area contributed by atoms with Crippen LogP contribution in [0.5, 0.6) is 0 Å². The van der Waals surface area contributed by atoms with Gasteiger partial charge in [0.05, 0.1) is 17.3 Å². The molecule has 3 aromatic carbocycles. The van der Waals surface area contributed by atoms with Gasteiger partial charge in [0.1, 0.15) is 5.71 Å². The zero-order chi connectivity index (χ0) is 24.9. The van der Waals surface area contributed by atoms with Crippen LogP contribution in [0.25, 0.3) is 5.70 Å². The Morgan fingerprint density at radius 1 is 1.00 bits per heavy atom. The third kappa shape index (κ3) is 6.24. The van der Waals surface area contributed by atoms with E-state index >= 15 is 0 Å². The van der Waals surface area contributed by atoms with E-state index in [9.17, 15) is 23.1 Å². The fourth-order valence-electron chi connectivity index (χ4n) is 3.10. The highest BCUT2D eigenvalue weighted by molar-refractivity contribution is 6.33. The molecule has 0 aliphatic rings. The standard InChI is InChI=1S/C25H21ClF3N3O2/c1-15-6-11-20(18(12-15)14-33)32-24(34)17-9-7-16(8-10-17)22(13-23(30)25(27,28)29)31-21-5-3-2-4-19(21)26/h2-13,30-31,33H,14H2,1H3,(H,32,34)/b22-13-,30-23?. The number of halogens is 4. The number of allylic oxidation sites excluding steroid dienone is 1. The van der Waals surface area contributed by atoms with Crippen molar-refractivity contribution in [3.8, 4) is 0 Å². The fourth-order valence-corrected chi connectivity index (χ4v) is 3.28. The van der Waals surface area contributed by atoms with Crippen LogP contribution in [0, 0.1) is 12.3 Å². The Hall–Kier alpha value is -3.62. The Morgan fingerprint density at radius 2 is 1.65 bits per heavy atom. The van der Waals surface area contributed by atoms with Gasteiger partial charge in [-0.2, -0.15) is 13.2 Å². The van der Waals surface area contributed by atoms with Gasteiger partial charge in [-0.1, -0.05) is 53.6 Å². The van der Waals surface area contributed by atoms with Gasteiger partial charge in [-0.3, -0.25) is 10.2 Å². The van der Waals surface area contributed by atoms with Gasteiger partial charge in [-0.05, 0) is 48.9 Å². The molecular weight excluding hydrogens is 467 g/mol. The molecule has 0 aromatic heterocycles. The maximum atomic E-state index is 13.0. The summed E-state index contributed by atoms with van der Waals surface area (Å²) in [6.45, 7) is 1.62. The minimum absolute atomic E-state index is 0.0107. The molecule has 3 rings (SSSR count). The van der Waals surface area contributed by atoms with Crippen LogP contribution in [0.3, 0.4) is 0 Å². The lowest BCUT2D eigenvalue weighted by Crippen LogP contribution is -2.20. The van der Waals surface area contributed by atoms with Crippen molar-refractivity contribution in [2.75, 3.05) is 10.6 Å². The maximum Gasteiger partial charge on any atom is 0.432 e. The van der Waals surface area contributed by atoms with Gasteiger partial charge in [0.2, 0.25) is 0 Å². The number of amides is 1. The Morgan fingerprint density at radius 3 is 2.26 bits per heavy atom. The van der Waals surface area contributed by atoms with E-state index in [0.29, 0.717) is 33.6 Å². The summed E-state index contributed by atoms with van der Waals surface area (Å²) >= 11 is 6.12. The lowest BCUT2D eigenvalue weighted by molar-refractivity contribution is -0.0583. The summed E-state index contributed by atoms with van der Waals surface area (Å²) in [7, 11) is 0. The molecule has 0 atom stereocenters. The molecule has 0 unspecified atom stereocenters. The monoisotopic (exact) mass is 487 g/mol. The van der Waals surface area contributed by atoms with Crippen molar-refractivity contribution < 1.29 is 23.1 Å². The molecule has 0 radical (unpaired) electrons. The quantitative estimate of drug-likeness (QED) is 0.290. The topological polar surface area (TPSA) is 85.2 Å². The van der Waals surface area contributed by atoms with Gasteiger partial charge in [-0.25, -0.2) is 0 Å². The van der Waals surface area contributed by atoms with Crippen LogP contribution in [0.15, 0.2) is 72.8 Å². The van der Waals surface area contributed by atoms with Gasteiger partial charge in [0.25, 0.3) is 5.91 Å². The molecule has 9 heteroatoms. The van der Waals surface area contributed by atoms with E-state index in [2.05, 4.69) is 10.6 Å². The molecule has 3 aromatic rings. The SMILES string of the molecule is Cc1ccc(NC(=O)c2ccc(/C(=C/C(=N)C(F)(F)F)Nc3ccccc3Cl)cc2)c(CO)c1. The number of nitrogens with one attached hydrogen (secondary N) is 3. The molecule has 0 heterocycles. The van der Waals surface area contributed by atoms with Crippen molar-refractivity contribution in [1.82, 2.24) is 0 Å². The van der Waals surface area contributed by atoms with Crippen LogP contribution >= 0.6 is 11.6 Å². The van der Waals surface area contributed by atoms with Crippen molar-refractivity contribution in [1.29, 1.82) is 5.41 Å². The number of alkyl halides is 3. The second-order valence-corrected chi connectivity index (χ2v) is 7.83. The van der Waals surface area contributed by atoms with Crippen LogP contribution < -0.4 is 10.6 Å². The highest BCUT2D eigenvalue weighted by atomic mass is 35.5. The number of carbonyl (C=O) groups is 1. The van der Waals surface area contributed by atoms with Gasteiger partial charge >= 0.3 is 6.18 Å². The van der Waals surface area contributed by atoms with E-state index in [0.717, 1.165) is 5.56 Å². The van der Waals surface area contributed by atoms with Gasteiger partial charge in [0, 0.05) is 22.5 Å². The van der Waals surface area contributed by atoms with Crippen molar-refractivity contribution in [2.24, 2.45) is 0 Å². The Kier molecular flexibility index (Phi) is 7.75. The molecular formula is C25H21ClF3N3O2. The minimum Gasteiger partial charge on any atom is -0.392 e. The average molecular weight is 488 g/mol. The van der Waals surface area contributed by atoms with Crippen LogP contribution in [0.1, 0.15) is 27.0 Å². The van der Waals surface area contributed by atoms with Crippen molar-refractivity contribution >= 4 is 40.3 Å². The summed E-state index contributed by atoms with van der Waals surface area (Å²) in [5.74, 6) is -0.447. The molecule has 5 nitrogen and oxygen atoms in total. The minimum atomic E-state index is -4.83.